The third-order valence-electron chi connectivity index (χ3n) is 2.43. The van der Waals surface area contributed by atoms with Gasteiger partial charge in [-0.1, -0.05) is 25.5 Å². The van der Waals surface area contributed by atoms with Crippen molar-refractivity contribution in [1.82, 2.24) is 0 Å². The Bertz CT molecular complexity index is 441. The Morgan fingerprint density at radius 2 is 2.05 bits per heavy atom. The number of hydrogen-bond acceptors (Lipinski definition) is 3. The van der Waals surface area contributed by atoms with Gasteiger partial charge in [-0.15, -0.1) is 0 Å². The van der Waals surface area contributed by atoms with E-state index in [4.69, 9.17) is 21.1 Å². The van der Waals surface area contributed by atoms with Crippen LogP contribution in [0.2, 0.25) is 0 Å². The highest BCUT2D eigenvalue weighted by Crippen LogP contribution is 2.29. The molecule has 0 aromatic heterocycles. The lowest BCUT2D eigenvalue weighted by Crippen LogP contribution is -2.00. The first kappa shape index (κ1) is 15.6. The summed E-state index contributed by atoms with van der Waals surface area (Å²) in [6.07, 6.45) is 5.05. The molecule has 1 rings (SSSR count). The Morgan fingerprint density at radius 3 is 2.68 bits per heavy atom. The number of benzene rings is 1. The van der Waals surface area contributed by atoms with E-state index in [9.17, 15) is 4.79 Å². The molecule has 0 atom stereocenters. The second-order valence-corrected chi connectivity index (χ2v) is 4.35. The molecule has 0 aliphatic rings. The van der Waals surface area contributed by atoms with Gasteiger partial charge in [-0.25, -0.2) is 0 Å². The van der Waals surface area contributed by atoms with E-state index >= 15 is 0 Å². The van der Waals surface area contributed by atoms with Crippen LogP contribution in [0, 0.1) is 0 Å². The molecule has 0 fully saturated rings. The van der Waals surface area contributed by atoms with Crippen LogP contribution in [-0.4, -0.2) is 18.5 Å². The topological polar surface area (TPSA) is 35.5 Å². The maximum Gasteiger partial charge on any atom is 0.245 e. The lowest BCUT2D eigenvalue weighted by atomic mass is 10.2. The fourth-order valence-electron chi connectivity index (χ4n) is 1.50. The van der Waals surface area contributed by atoms with Crippen LogP contribution in [0.15, 0.2) is 24.3 Å². The van der Waals surface area contributed by atoms with Crippen LogP contribution in [0.1, 0.15) is 32.3 Å². The molecule has 0 aliphatic heterocycles. The maximum atomic E-state index is 10.7. The second kappa shape index (κ2) is 8.59. The van der Waals surface area contributed by atoms with Gasteiger partial charge >= 0.3 is 0 Å². The summed E-state index contributed by atoms with van der Waals surface area (Å²) in [7, 11) is 0. The van der Waals surface area contributed by atoms with Gasteiger partial charge in [-0.2, -0.15) is 0 Å². The van der Waals surface area contributed by atoms with Crippen LogP contribution in [0.4, 0.5) is 0 Å². The Balaban J connectivity index is 2.84. The standard InChI is InChI=1S/C15H19ClO3/c1-3-5-10-19-13-8-6-12(7-9-15(16)17)11-14(13)18-4-2/h6-9,11H,3-5,10H2,1-2H3. The molecule has 0 amide bonds. The van der Waals surface area contributed by atoms with Gasteiger partial charge in [0.25, 0.3) is 0 Å². The van der Waals surface area contributed by atoms with E-state index in [-0.39, 0.29) is 0 Å². The highest BCUT2D eigenvalue weighted by molar-refractivity contribution is 6.66. The Morgan fingerprint density at radius 1 is 1.26 bits per heavy atom. The third-order valence-corrected chi connectivity index (χ3v) is 2.56. The molecular formula is C15H19ClO3. The molecule has 0 spiro atoms. The first-order valence-electron chi connectivity index (χ1n) is 6.44. The van der Waals surface area contributed by atoms with E-state index in [1.165, 1.54) is 6.08 Å². The van der Waals surface area contributed by atoms with Crippen molar-refractivity contribution >= 4 is 22.9 Å². The van der Waals surface area contributed by atoms with Crippen LogP contribution < -0.4 is 9.47 Å². The monoisotopic (exact) mass is 282 g/mol. The van der Waals surface area contributed by atoms with Crippen molar-refractivity contribution in [2.24, 2.45) is 0 Å². The van der Waals surface area contributed by atoms with E-state index in [2.05, 4.69) is 6.92 Å². The summed E-state index contributed by atoms with van der Waals surface area (Å²) < 4.78 is 11.2. The molecule has 4 heteroatoms. The van der Waals surface area contributed by atoms with Gasteiger partial charge in [-0.3, -0.25) is 4.79 Å². The summed E-state index contributed by atoms with van der Waals surface area (Å²) in [5, 5.41) is -0.499. The van der Waals surface area contributed by atoms with Crippen molar-refractivity contribution in [3.8, 4) is 11.5 Å². The molecule has 0 radical (unpaired) electrons. The fourth-order valence-corrected chi connectivity index (χ4v) is 1.57. The number of ether oxygens (including phenoxy) is 2. The Kier molecular flexibility index (Phi) is 7.04. The largest absolute Gasteiger partial charge is 0.490 e. The van der Waals surface area contributed by atoms with Gasteiger partial charge in [0.2, 0.25) is 5.24 Å². The third kappa shape index (κ3) is 5.79. The minimum atomic E-state index is -0.499. The lowest BCUT2D eigenvalue weighted by molar-refractivity contribution is -0.107. The van der Waals surface area contributed by atoms with Gasteiger partial charge < -0.3 is 9.47 Å². The van der Waals surface area contributed by atoms with Crippen molar-refractivity contribution < 1.29 is 14.3 Å². The summed E-state index contributed by atoms with van der Waals surface area (Å²) in [6.45, 7) is 5.27. The molecule has 0 N–H and O–H groups in total. The summed E-state index contributed by atoms with van der Waals surface area (Å²) in [4.78, 5) is 10.7. The van der Waals surface area contributed by atoms with Crippen LogP contribution in [0.3, 0.4) is 0 Å². The van der Waals surface area contributed by atoms with Crippen molar-refractivity contribution in [2.45, 2.75) is 26.7 Å². The van der Waals surface area contributed by atoms with Crippen LogP contribution in [0.25, 0.3) is 6.08 Å². The zero-order valence-electron chi connectivity index (χ0n) is 11.3. The van der Waals surface area contributed by atoms with Crippen LogP contribution in [0.5, 0.6) is 11.5 Å². The van der Waals surface area contributed by atoms with Crippen molar-refractivity contribution in [3.63, 3.8) is 0 Å². The lowest BCUT2D eigenvalue weighted by Gasteiger charge is -2.12. The minimum absolute atomic E-state index is 0.499. The van der Waals surface area contributed by atoms with E-state index < -0.39 is 5.24 Å². The first-order chi connectivity index (χ1) is 9.17. The number of allylic oxidation sites excluding steroid dienone is 1. The van der Waals surface area contributed by atoms with Gasteiger partial charge in [0.15, 0.2) is 11.5 Å². The summed E-state index contributed by atoms with van der Waals surface area (Å²) in [6, 6.07) is 5.54. The number of unbranched alkanes of at least 4 members (excludes halogenated alkanes) is 1. The zero-order chi connectivity index (χ0) is 14.1. The fraction of sp³-hybridized carbons (Fsp3) is 0.400. The molecule has 0 heterocycles. The molecule has 19 heavy (non-hydrogen) atoms. The zero-order valence-corrected chi connectivity index (χ0v) is 12.1. The normalized spacial score (nSPS) is 10.7. The van der Waals surface area contributed by atoms with Crippen molar-refractivity contribution in [1.29, 1.82) is 0 Å². The van der Waals surface area contributed by atoms with Crippen LogP contribution >= 0.6 is 11.6 Å². The number of hydrogen-bond donors (Lipinski definition) is 0. The smallest absolute Gasteiger partial charge is 0.245 e. The molecule has 0 saturated carbocycles. The predicted octanol–water partition coefficient (Wildman–Crippen LogP) is 4.04. The van der Waals surface area contributed by atoms with Gasteiger partial charge in [-0.05, 0) is 48.7 Å². The molecular weight excluding hydrogens is 264 g/mol. The average Bonchev–Trinajstić information content (AvgIpc) is 2.39. The van der Waals surface area contributed by atoms with Crippen molar-refractivity contribution in [3.05, 3.63) is 29.8 Å². The second-order valence-electron chi connectivity index (χ2n) is 3.98. The Hall–Kier alpha value is -1.48. The molecule has 3 nitrogen and oxygen atoms in total. The highest BCUT2D eigenvalue weighted by atomic mass is 35.5. The number of carbonyl (C=O) groups excluding carboxylic acids is 1. The molecule has 0 aliphatic carbocycles. The molecule has 0 unspecified atom stereocenters. The van der Waals surface area contributed by atoms with E-state index in [1.54, 1.807) is 6.08 Å². The quantitative estimate of drug-likeness (QED) is 0.410. The first-order valence-corrected chi connectivity index (χ1v) is 6.82. The summed E-state index contributed by atoms with van der Waals surface area (Å²) in [5.74, 6) is 1.41. The van der Waals surface area contributed by atoms with Gasteiger partial charge in [0.05, 0.1) is 13.2 Å². The molecule has 0 bridgehead atoms. The predicted molar refractivity (Wildman–Crippen MR) is 77.9 cm³/mol. The van der Waals surface area contributed by atoms with Crippen molar-refractivity contribution in [2.75, 3.05) is 13.2 Å². The van der Waals surface area contributed by atoms with Gasteiger partial charge in [0, 0.05) is 0 Å². The Labute approximate surface area is 119 Å². The maximum absolute atomic E-state index is 10.7. The molecule has 1 aromatic carbocycles. The average molecular weight is 283 g/mol. The van der Waals surface area contributed by atoms with E-state index in [0.717, 1.165) is 24.2 Å². The molecule has 104 valence electrons. The summed E-state index contributed by atoms with van der Waals surface area (Å²) >= 11 is 5.26. The number of carbonyl (C=O) groups is 1. The molecule has 1 aromatic rings. The number of halogens is 1. The van der Waals surface area contributed by atoms with E-state index in [1.807, 2.05) is 25.1 Å². The van der Waals surface area contributed by atoms with E-state index in [0.29, 0.717) is 19.0 Å². The SMILES string of the molecule is CCCCOc1ccc(C=CC(=O)Cl)cc1OCC. The summed E-state index contributed by atoms with van der Waals surface area (Å²) in [5.41, 5.74) is 0.847. The molecule has 0 saturated heterocycles. The minimum Gasteiger partial charge on any atom is -0.490 e. The number of rotatable bonds is 8. The highest BCUT2D eigenvalue weighted by Gasteiger charge is 2.05. The van der Waals surface area contributed by atoms with Crippen LogP contribution in [-0.2, 0) is 4.79 Å². The van der Waals surface area contributed by atoms with Gasteiger partial charge in [0.1, 0.15) is 0 Å².